The van der Waals surface area contributed by atoms with E-state index in [9.17, 15) is 9.59 Å². The van der Waals surface area contributed by atoms with E-state index in [-0.39, 0.29) is 18.8 Å². The van der Waals surface area contributed by atoms with E-state index < -0.39 is 5.97 Å². The van der Waals surface area contributed by atoms with Crippen molar-refractivity contribution in [2.75, 3.05) is 6.61 Å². The summed E-state index contributed by atoms with van der Waals surface area (Å²) in [7, 11) is 0. The average molecular weight is 390 g/mol. The number of nitrogens with zero attached hydrogens (tertiary/aromatic N) is 1. The molecule has 0 aliphatic carbocycles. The second kappa shape index (κ2) is 7.83. The molecular weight excluding hydrogens is 368 g/mol. The fraction of sp³-hybridized carbons (Fsp3) is 0.217. The van der Waals surface area contributed by atoms with Gasteiger partial charge in [0, 0.05) is 34.1 Å². The third-order valence-electron chi connectivity index (χ3n) is 5.14. The largest absolute Gasteiger partial charge is 0.467 e. The van der Waals surface area contributed by atoms with Gasteiger partial charge in [-0.3, -0.25) is 9.59 Å². The first-order chi connectivity index (χ1) is 14.0. The van der Waals surface area contributed by atoms with Gasteiger partial charge in [0.25, 0.3) is 0 Å². The maximum atomic E-state index is 12.6. The van der Waals surface area contributed by atoms with Gasteiger partial charge in [-0.1, -0.05) is 18.2 Å². The highest BCUT2D eigenvalue weighted by Gasteiger charge is 2.18. The fourth-order valence-corrected chi connectivity index (χ4v) is 3.59. The van der Waals surface area contributed by atoms with Crippen molar-refractivity contribution in [1.29, 1.82) is 0 Å². The third-order valence-corrected chi connectivity index (χ3v) is 5.14. The van der Waals surface area contributed by atoms with E-state index in [1.807, 2.05) is 60.9 Å². The third kappa shape index (κ3) is 3.87. The molecule has 0 saturated heterocycles. The summed E-state index contributed by atoms with van der Waals surface area (Å²) in [6.45, 7) is 4.11. The van der Waals surface area contributed by atoms with Crippen molar-refractivity contribution in [3.8, 4) is 0 Å². The number of benzene rings is 1. The smallest absolute Gasteiger partial charge is 0.310 e. The van der Waals surface area contributed by atoms with Crippen LogP contribution in [0.1, 0.15) is 33.1 Å². The molecule has 0 radical (unpaired) electrons. The first-order valence-electron chi connectivity index (χ1n) is 9.46. The van der Waals surface area contributed by atoms with Crippen molar-refractivity contribution in [1.82, 2.24) is 9.55 Å². The maximum absolute atomic E-state index is 12.6. The molecule has 1 aromatic carbocycles. The summed E-state index contributed by atoms with van der Waals surface area (Å²) >= 11 is 0. The van der Waals surface area contributed by atoms with Crippen LogP contribution in [0.2, 0.25) is 0 Å². The number of H-pyrrole nitrogens is 1. The Hall–Kier alpha value is -3.54. The molecule has 1 N–H and O–H groups in total. The number of rotatable bonds is 7. The maximum Gasteiger partial charge on any atom is 0.310 e. The van der Waals surface area contributed by atoms with E-state index in [1.54, 1.807) is 12.5 Å². The Balaban J connectivity index is 1.40. The Morgan fingerprint density at radius 2 is 1.97 bits per heavy atom. The quantitative estimate of drug-likeness (QED) is 0.379. The van der Waals surface area contributed by atoms with Crippen LogP contribution in [0.25, 0.3) is 10.9 Å². The number of Topliss-reactive ketones (excluding diaryl/α,β-unsaturated/α-hetero) is 1. The highest BCUT2D eigenvalue weighted by Crippen LogP contribution is 2.20. The predicted molar refractivity (Wildman–Crippen MR) is 109 cm³/mol. The van der Waals surface area contributed by atoms with E-state index in [0.717, 1.165) is 33.6 Å². The Bertz CT molecular complexity index is 1170. The minimum absolute atomic E-state index is 0.120. The molecule has 0 aliphatic rings. The van der Waals surface area contributed by atoms with Crippen molar-refractivity contribution in [2.45, 2.75) is 26.8 Å². The lowest BCUT2D eigenvalue weighted by molar-refractivity contribution is -0.141. The molecule has 0 saturated carbocycles. The van der Waals surface area contributed by atoms with Crippen LogP contribution in [0.3, 0.4) is 0 Å². The number of furan rings is 1. The van der Waals surface area contributed by atoms with Crippen molar-refractivity contribution in [3.05, 3.63) is 83.2 Å². The zero-order valence-electron chi connectivity index (χ0n) is 16.4. The first kappa shape index (κ1) is 18.8. The summed E-state index contributed by atoms with van der Waals surface area (Å²) in [5, 5.41) is 0.984. The highest BCUT2D eigenvalue weighted by molar-refractivity contribution is 5.99. The molecule has 0 fully saturated rings. The molecule has 0 amide bonds. The molecule has 4 aromatic rings. The molecule has 0 bridgehead atoms. The molecule has 3 aromatic heterocycles. The van der Waals surface area contributed by atoms with Crippen LogP contribution in [0.5, 0.6) is 0 Å². The molecule has 6 nitrogen and oxygen atoms in total. The summed E-state index contributed by atoms with van der Waals surface area (Å²) in [6.07, 6.45) is 3.55. The van der Waals surface area contributed by atoms with Crippen molar-refractivity contribution in [3.63, 3.8) is 0 Å². The molecule has 0 unspecified atom stereocenters. The number of para-hydroxylation sites is 1. The highest BCUT2D eigenvalue weighted by atomic mass is 16.5. The SMILES string of the molecule is Cc1cc(C(=O)COC(=O)Cc2c[nH]c3ccccc23)c(C)n1Cc1ccco1. The van der Waals surface area contributed by atoms with Crippen molar-refractivity contribution >= 4 is 22.7 Å². The van der Waals surface area contributed by atoms with Crippen LogP contribution >= 0.6 is 0 Å². The molecule has 0 spiro atoms. The van der Waals surface area contributed by atoms with Gasteiger partial charge in [0.1, 0.15) is 5.76 Å². The molecular formula is C23H22N2O4. The van der Waals surface area contributed by atoms with Gasteiger partial charge < -0.3 is 18.7 Å². The second-order valence-corrected chi connectivity index (χ2v) is 7.07. The Morgan fingerprint density at radius 3 is 2.76 bits per heavy atom. The van der Waals surface area contributed by atoms with Gasteiger partial charge in [-0.15, -0.1) is 0 Å². The van der Waals surface area contributed by atoms with Gasteiger partial charge >= 0.3 is 5.97 Å². The van der Waals surface area contributed by atoms with Gasteiger partial charge in [0.05, 0.1) is 19.2 Å². The predicted octanol–water partition coefficient (Wildman–Crippen LogP) is 4.20. The summed E-state index contributed by atoms with van der Waals surface area (Å²) in [6, 6.07) is 13.3. The number of aromatic nitrogens is 2. The number of hydrogen-bond acceptors (Lipinski definition) is 4. The number of aryl methyl sites for hydroxylation is 1. The lowest BCUT2D eigenvalue weighted by atomic mass is 10.1. The van der Waals surface area contributed by atoms with Gasteiger partial charge in [-0.2, -0.15) is 0 Å². The van der Waals surface area contributed by atoms with Crippen LogP contribution in [-0.4, -0.2) is 27.9 Å². The molecule has 0 aliphatic heterocycles. The second-order valence-electron chi connectivity index (χ2n) is 7.07. The van der Waals surface area contributed by atoms with Crippen LogP contribution in [0.4, 0.5) is 0 Å². The number of fused-ring (bicyclic) bond motifs is 1. The number of aromatic amines is 1. The number of ether oxygens (including phenoxy) is 1. The zero-order valence-corrected chi connectivity index (χ0v) is 16.4. The van der Waals surface area contributed by atoms with Crippen molar-refractivity contribution in [2.24, 2.45) is 0 Å². The van der Waals surface area contributed by atoms with Gasteiger partial charge in [-0.25, -0.2) is 0 Å². The normalized spacial score (nSPS) is 11.1. The number of nitrogens with one attached hydrogen (secondary N) is 1. The van der Waals surface area contributed by atoms with E-state index in [2.05, 4.69) is 4.98 Å². The summed E-state index contributed by atoms with van der Waals surface area (Å²) in [5.41, 5.74) is 4.17. The number of ketones is 1. The minimum atomic E-state index is -0.424. The Kier molecular flexibility index (Phi) is 5.08. The number of hydrogen-bond donors (Lipinski definition) is 1. The van der Waals surface area contributed by atoms with Crippen molar-refractivity contribution < 1.29 is 18.7 Å². The number of carbonyl (C=O) groups is 2. The first-order valence-corrected chi connectivity index (χ1v) is 9.46. The lowest BCUT2D eigenvalue weighted by Gasteiger charge is -2.08. The molecule has 6 heteroatoms. The average Bonchev–Trinajstić information content (AvgIpc) is 3.43. The van der Waals surface area contributed by atoms with E-state index >= 15 is 0 Å². The topological polar surface area (TPSA) is 77.2 Å². The van der Waals surface area contributed by atoms with Gasteiger partial charge in [0.15, 0.2) is 6.61 Å². The number of carbonyl (C=O) groups excluding carboxylic acids is 2. The van der Waals surface area contributed by atoms with Gasteiger partial charge in [0.2, 0.25) is 5.78 Å². The van der Waals surface area contributed by atoms with Crippen LogP contribution in [-0.2, 0) is 22.5 Å². The monoisotopic (exact) mass is 390 g/mol. The molecule has 0 atom stereocenters. The van der Waals surface area contributed by atoms with E-state index in [4.69, 9.17) is 9.15 Å². The molecule has 148 valence electrons. The van der Waals surface area contributed by atoms with Crippen LogP contribution in [0, 0.1) is 13.8 Å². The standard InChI is InChI=1S/C23H22N2O4/c1-15-10-20(16(2)25(15)13-18-6-5-9-28-18)22(26)14-29-23(27)11-17-12-24-21-8-4-3-7-19(17)21/h3-10,12,24H,11,13-14H2,1-2H3. The van der Waals surface area contributed by atoms with E-state index in [1.165, 1.54) is 0 Å². The fourth-order valence-electron chi connectivity index (χ4n) is 3.59. The summed E-state index contributed by atoms with van der Waals surface area (Å²) < 4.78 is 12.7. The zero-order chi connectivity index (χ0) is 20.4. The minimum Gasteiger partial charge on any atom is -0.467 e. The number of esters is 1. The summed E-state index contributed by atoms with van der Waals surface area (Å²) in [4.78, 5) is 28.0. The van der Waals surface area contributed by atoms with Crippen LogP contribution < -0.4 is 0 Å². The lowest BCUT2D eigenvalue weighted by Crippen LogP contribution is -2.16. The molecule has 3 heterocycles. The Labute approximate surface area is 168 Å². The van der Waals surface area contributed by atoms with Crippen LogP contribution in [0.15, 0.2) is 59.3 Å². The molecule has 29 heavy (non-hydrogen) atoms. The molecule has 4 rings (SSSR count). The van der Waals surface area contributed by atoms with E-state index in [0.29, 0.717) is 12.1 Å². The Morgan fingerprint density at radius 1 is 1.14 bits per heavy atom. The van der Waals surface area contributed by atoms with Gasteiger partial charge in [-0.05, 0) is 43.7 Å². The summed E-state index contributed by atoms with van der Waals surface area (Å²) in [5.74, 6) is 0.180.